The lowest BCUT2D eigenvalue weighted by atomic mass is 9.72. The van der Waals surface area contributed by atoms with E-state index in [2.05, 4.69) is 15.4 Å². The van der Waals surface area contributed by atoms with Gasteiger partial charge in [0.05, 0.1) is 0 Å². The second-order valence-electron chi connectivity index (χ2n) is 1.71. The second-order valence-corrected chi connectivity index (χ2v) is 1.71. The van der Waals surface area contributed by atoms with E-state index in [-0.39, 0.29) is 0 Å². The van der Waals surface area contributed by atoms with Gasteiger partial charge in [-0.15, -0.1) is 0 Å². The smallest absolute Gasteiger partial charge is 0.425 e. The van der Waals surface area contributed by atoms with E-state index < -0.39 is 21.6 Å². The molecule has 6 N–H and O–H groups in total. The summed E-state index contributed by atoms with van der Waals surface area (Å²) < 4.78 is 0. The molecule has 0 spiro atoms. The van der Waals surface area contributed by atoms with Gasteiger partial charge in [-0.05, 0) is 0 Å². The van der Waals surface area contributed by atoms with Crippen molar-refractivity contribution in [2.45, 2.75) is 0 Å². The first-order valence-electron chi connectivity index (χ1n) is 2.51. The molecule has 48 valence electrons. The predicted octanol–water partition coefficient (Wildman–Crippen LogP) is -4.30. The van der Waals surface area contributed by atoms with Crippen LogP contribution in [0.15, 0.2) is 0 Å². The highest BCUT2D eigenvalue weighted by Gasteiger charge is 2.33. The highest BCUT2D eigenvalue weighted by Crippen LogP contribution is 1.75. The Hall–Kier alpha value is -0.0452. The number of rotatable bonds is 0. The molecule has 0 aromatic heterocycles. The van der Waals surface area contributed by atoms with Crippen molar-refractivity contribution in [3.8, 4) is 0 Å². The third-order valence-corrected chi connectivity index (χ3v) is 0.947. The van der Waals surface area contributed by atoms with E-state index in [1.807, 2.05) is 0 Å². The minimum absolute atomic E-state index is 1.07. The Morgan fingerprint density at radius 1 is 0.667 bits per heavy atom. The molecule has 0 saturated carbocycles. The van der Waals surface area contributed by atoms with Crippen molar-refractivity contribution >= 4 is 21.6 Å². The van der Waals surface area contributed by atoms with Gasteiger partial charge in [-0.1, -0.05) is 0 Å². The highest BCUT2D eigenvalue weighted by atomic mass is 16.3. The largest absolute Gasteiger partial charge is 0.453 e. The summed E-state index contributed by atoms with van der Waals surface area (Å²) in [5, 5.41) is 32.7. The van der Waals surface area contributed by atoms with E-state index in [0.717, 1.165) is 0 Å². The second kappa shape index (κ2) is 2.69. The molecule has 1 heterocycles. The average molecular weight is 129 g/mol. The van der Waals surface area contributed by atoms with E-state index >= 15 is 0 Å². The SMILES string of the molecule is OB1NB(O)NB(O)N1. The summed E-state index contributed by atoms with van der Waals surface area (Å²) in [6.07, 6.45) is 0. The monoisotopic (exact) mass is 129 g/mol. The van der Waals surface area contributed by atoms with Crippen molar-refractivity contribution in [1.29, 1.82) is 0 Å². The zero-order chi connectivity index (χ0) is 6.85. The first-order valence-corrected chi connectivity index (χ1v) is 2.51. The van der Waals surface area contributed by atoms with Crippen LogP contribution in [-0.4, -0.2) is 36.6 Å². The molecule has 1 saturated heterocycles. The molecule has 9 heavy (non-hydrogen) atoms. The fourth-order valence-electron chi connectivity index (χ4n) is 0.593. The zero-order valence-corrected chi connectivity index (χ0v) is 4.57. The van der Waals surface area contributed by atoms with Crippen molar-refractivity contribution in [1.82, 2.24) is 15.4 Å². The van der Waals surface area contributed by atoms with Gasteiger partial charge in [0.25, 0.3) is 0 Å². The number of hydrogen-bond acceptors (Lipinski definition) is 6. The van der Waals surface area contributed by atoms with Crippen molar-refractivity contribution in [3.05, 3.63) is 0 Å². The molecule has 0 aromatic rings. The molecule has 0 unspecified atom stereocenters. The maximum Gasteiger partial charge on any atom is 0.453 e. The van der Waals surface area contributed by atoms with Gasteiger partial charge in [0.1, 0.15) is 0 Å². The van der Waals surface area contributed by atoms with E-state index in [1.54, 1.807) is 0 Å². The molecule has 0 radical (unpaired) electrons. The van der Waals surface area contributed by atoms with Crippen LogP contribution in [0.2, 0.25) is 0 Å². The van der Waals surface area contributed by atoms with Gasteiger partial charge < -0.3 is 30.5 Å². The minimum atomic E-state index is -1.07. The van der Waals surface area contributed by atoms with Gasteiger partial charge in [0.15, 0.2) is 0 Å². The van der Waals surface area contributed by atoms with Crippen molar-refractivity contribution < 1.29 is 15.1 Å². The summed E-state index contributed by atoms with van der Waals surface area (Å²) in [5.41, 5.74) is 0. The van der Waals surface area contributed by atoms with Crippen LogP contribution in [0, 0.1) is 0 Å². The van der Waals surface area contributed by atoms with Gasteiger partial charge in [-0.25, -0.2) is 0 Å². The molecule has 1 aliphatic rings. The van der Waals surface area contributed by atoms with Crippen molar-refractivity contribution in [3.63, 3.8) is 0 Å². The van der Waals surface area contributed by atoms with Crippen molar-refractivity contribution in [2.24, 2.45) is 0 Å². The maximum atomic E-state index is 8.67. The van der Waals surface area contributed by atoms with Crippen LogP contribution in [0.1, 0.15) is 0 Å². The molecule has 1 fully saturated rings. The van der Waals surface area contributed by atoms with Crippen LogP contribution in [-0.2, 0) is 0 Å². The van der Waals surface area contributed by atoms with E-state index in [0.29, 0.717) is 0 Å². The third-order valence-electron chi connectivity index (χ3n) is 0.947. The highest BCUT2D eigenvalue weighted by molar-refractivity contribution is 6.79. The molecule has 0 bridgehead atoms. The summed E-state index contributed by atoms with van der Waals surface area (Å²) >= 11 is 0. The molecule has 0 amide bonds. The lowest BCUT2D eigenvalue weighted by Crippen LogP contribution is -2.75. The van der Waals surface area contributed by atoms with Crippen LogP contribution in [0.3, 0.4) is 0 Å². The molecule has 6 nitrogen and oxygen atoms in total. The summed E-state index contributed by atoms with van der Waals surface area (Å²) in [6.45, 7) is 0. The Morgan fingerprint density at radius 3 is 1.11 bits per heavy atom. The minimum Gasteiger partial charge on any atom is -0.425 e. The summed E-state index contributed by atoms with van der Waals surface area (Å²) in [6, 6.07) is 0. The number of hydrogen-bond donors (Lipinski definition) is 6. The van der Waals surface area contributed by atoms with Gasteiger partial charge in [-0.2, -0.15) is 0 Å². The van der Waals surface area contributed by atoms with Gasteiger partial charge in [0, 0.05) is 0 Å². The fourth-order valence-corrected chi connectivity index (χ4v) is 0.593. The van der Waals surface area contributed by atoms with E-state index in [9.17, 15) is 0 Å². The molecule has 0 atom stereocenters. The van der Waals surface area contributed by atoms with Crippen LogP contribution in [0.5, 0.6) is 0 Å². The van der Waals surface area contributed by atoms with Gasteiger partial charge in [0.2, 0.25) is 0 Å². The molecular formula is H6B3N3O3. The summed E-state index contributed by atoms with van der Waals surface area (Å²) in [7, 11) is -3.22. The van der Waals surface area contributed by atoms with E-state index in [4.69, 9.17) is 15.1 Å². The first-order chi connectivity index (χ1) is 4.18. The average Bonchev–Trinajstić information content (AvgIpc) is 1.59. The van der Waals surface area contributed by atoms with Crippen LogP contribution < -0.4 is 15.4 Å². The summed E-state index contributed by atoms with van der Waals surface area (Å²) in [4.78, 5) is 0. The van der Waals surface area contributed by atoms with Gasteiger partial charge in [-0.3, -0.25) is 0 Å². The predicted molar refractivity (Wildman–Crippen MR) is 33.3 cm³/mol. The normalized spacial score (nSPS) is 21.0. The Balaban J connectivity index is 2.34. The Morgan fingerprint density at radius 2 is 0.889 bits per heavy atom. The summed E-state index contributed by atoms with van der Waals surface area (Å²) in [5.74, 6) is 0. The topological polar surface area (TPSA) is 96.8 Å². The lowest BCUT2D eigenvalue weighted by molar-refractivity contribution is 0.483. The molecule has 1 aliphatic heterocycles. The van der Waals surface area contributed by atoms with E-state index in [1.165, 1.54) is 0 Å². The van der Waals surface area contributed by atoms with Crippen LogP contribution in [0.4, 0.5) is 0 Å². The van der Waals surface area contributed by atoms with Crippen LogP contribution in [0.25, 0.3) is 0 Å². The molecular weight excluding hydrogens is 122 g/mol. The molecule has 1 rings (SSSR count). The first kappa shape index (κ1) is 7.07. The molecule has 0 aromatic carbocycles. The molecule has 0 aliphatic carbocycles. The van der Waals surface area contributed by atoms with Crippen LogP contribution >= 0.6 is 0 Å². The Bertz CT molecular complexity index is 75.3. The molecule has 9 heteroatoms. The lowest BCUT2D eigenvalue weighted by Gasteiger charge is -2.21. The van der Waals surface area contributed by atoms with Crippen molar-refractivity contribution in [2.75, 3.05) is 0 Å². The fraction of sp³-hybridized carbons (Fsp3) is 0. The Labute approximate surface area is 53.1 Å². The van der Waals surface area contributed by atoms with Gasteiger partial charge >= 0.3 is 21.6 Å². The maximum absolute atomic E-state index is 8.67. The quantitative estimate of drug-likeness (QED) is 0.185. The zero-order valence-electron chi connectivity index (χ0n) is 4.57. The number of nitrogens with one attached hydrogen (secondary N) is 3. The Kier molecular flexibility index (Phi) is 2.11. The third kappa shape index (κ3) is 1.97. The standard InChI is InChI=1S/B3H6N3O3/c7-1-4-2(8)6-3(9)5-1/h4-9H.